The van der Waals surface area contributed by atoms with Gasteiger partial charge in [0.1, 0.15) is 24.0 Å². The van der Waals surface area contributed by atoms with Gasteiger partial charge in [-0.25, -0.2) is 14.8 Å². The molecule has 1 N–H and O–H groups in total. The number of ether oxygens (including phenoxy) is 2. The second-order valence-corrected chi connectivity index (χ2v) is 7.65. The third-order valence-electron chi connectivity index (χ3n) is 5.53. The normalized spacial score (nSPS) is 10.5. The minimum absolute atomic E-state index is 0.231. The SMILES string of the molecule is COC(=O)Nc1ccc(-n2cnc3c(C)cc(C(=O)N(C)c4ccc(C#N)c(OC)c4)cc32)cn1. The van der Waals surface area contributed by atoms with Gasteiger partial charge in [-0.15, -0.1) is 0 Å². The van der Waals surface area contributed by atoms with Crippen molar-refractivity contribution in [2.75, 3.05) is 31.5 Å². The second-order valence-electron chi connectivity index (χ2n) is 7.65. The molecule has 0 atom stereocenters. The van der Waals surface area contributed by atoms with Gasteiger partial charge in [0.2, 0.25) is 0 Å². The van der Waals surface area contributed by atoms with Gasteiger partial charge in [0.05, 0.1) is 42.7 Å². The summed E-state index contributed by atoms with van der Waals surface area (Å²) < 4.78 is 11.7. The highest BCUT2D eigenvalue weighted by molar-refractivity contribution is 6.08. The van der Waals surface area contributed by atoms with Crippen LogP contribution in [0.2, 0.25) is 0 Å². The van der Waals surface area contributed by atoms with Gasteiger partial charge in [-0.05, 0) is 48.9 Å². The number of benzene rings is 2. The van der Waals surface area contributed by atoms with E-state index in [1.807, 2.05) is 11.5 Å². The molecule has 2 heterocycles. The maximum Gasteiger partial charge on any atom is 0.412 e. The number of fused-ring (bicyclic) bond motifs is 1. The van der Waals surface area contributed by atoms with Gasteiger partial charge >= 0.3 is 6.09 Å². The molecule has 0 radical (unpaired) electrons. The first kappa shape index (κ1) is 23.3. The number of carbonyl (C=O) groups excluding carboxylic acids is 2. The van der Waals surface area contributed by atoms with Gasteiger partial charge in [0, 0.05) is 24.4 Å². The third-order valence-corrected chi connectivity index (χ3v) is 5.53. The van der Waals surface area contributed by atoms with Crippen molar-refractivity contribution in [3.05, 3.63) is 71.7 Å². The number of nitriles is 1. The zero-order chi connectivity index (χ0) is 25.1. The fourth-order valence-corrected chi connectivity index (χ4v) is 3.67. The maximum absolute atomic E-state index is 13.4. The van der Waals surface area contributed by atoms with E-state index < -0.39 is 6.09 Å². The summed E-state index contributed by atoms with van der Waals surface area (Å²) in [5, 5.41) is 11.7. The highest BCUT2D eigenvalue weighted by Crippen LogP contribution is 2.28. The van der Waals surface area contributed by atoms with Gasteiger partial charge in [0.25, 0.3) is 5.91 Å². The smallest absolute Gasteiger partial charge is 0.412 e. The number of imidazole rings is 1. The van der Waals surface area contributed by atoms with E-state index in [1.165, 1.54) is 19.1 Å². The number of rotatable bonds is 5. The lowest BCUT2D eigenvalue weighted by Gasteiger charge is -2.19. The van der Waals surface area contributed by atoms with Crippen molar-refractivity contribution in [1.29, 1.82) is 5.26 Å². The number of carbonyl (C=O) groups is 2. The minimum atomic E-state index is -0.610. The standard InChI is InChI=1S/C25H22N6O4/c1-15-9-17(24(32)30(2)18-6-5-16(12-26)21(11-18)34-3)10-20-23(15)28-14-31(20)19-7-8-22(27-13-19)29-25(33)35-4/h5-11,13-14H,1-4H3,(H,27,29,33). The summed E-state index contributed by atoms with van der Waals surface area (Å²) in [7, 11) is 4.42. The van der Waals surface area contributed by atoms with Crippen LogP contribution in [0.15, 0.2) is 55.0 Å². The zero-order valence-corrected chi connectivity index (χ0v) is 19.6. The quantitative estimate of drug-likeness (QED) is 0.467. The first-order valence-electron chi connectivity index (χ1n) is 10.5. The molecule has 2 aromatic carbocycles. The number of methoxy groups -OCH3 is 2. The zero-order valence-electron chi connectivity index (χ0n) is 19.6. The summed E-state index contributed by atoms with van der Waals surface area (Å²) in [6, 6.07) is 14.0. The molecule has 0 fully saturated rings. The molecule has 0 unspecified atom stereocenters. The van der Waals surface area contributed by atoms with Crippen molar-refractivity contribution < 1.29 is 19.1 Å². The number of amides is 2. The Morgan fingerprint density at radius 3 is 2.57 bits per heavy atom. The fourth-order valence-electron chi connectivity index (χ4n) is 3.67. The van der Waals surface area contributed by atoms with E-state index in [-0.39, 0.29) is 5.91 Å². The van der Waals surface area contributed by atoms with Crippen LogP contribution in [0.4, 0.5) is 16.3 Å². The van der Waals surface area contributed by atoms with E-state index in [0.29, 0.717) is 34.1 Å². The van der Waals surface area contributed by atoms with Crippen LogP contribution in [-0.2, 0) is 4.74 Å². The molecular formula is C25H22N6O4. The summed E-state index contributed by atoms with van der Waals surface area (Å²) >= 11 is 0. The van der Waals surface area contributed by atoms with E-state index in [9.17, 15) is 14.9 Å². The molecule has 35 heavy (non-hydrogen) atoms. The Labute approximate surface area is 201 Å². The number of aromatic nitrogens is 3. The van der Waals surface area contributed by atoms with Crippen LogP contribution in [0.5, 0.6) is 5.75 Å². The molecule has 0 saturated heterocycles. The lowest BCUT2D eigenvalue weighted by Crippen LogP contribution is -2.26. The molecule has 10 nitrogen and oxygen atoms in total. The van der Waals surface area contributed by atoms with Crippen molar-refractivity contribution in [2.24, 2.45) is 0 Å². The molecular weight excluding hydrogens is 448 g/mol. The summed E-state index contributed by atoms with van der Waals surface area (Å²) in [5.74, 6) is 0.508. The Bertz CT molecular complexity index is 1470. The predicted molar refractivity (Wildman–Crippen MR) is 130 cm³/mol. The van der Waals surface area contributed by atoms with E-state index in [2.05, 4.69) is 26.1 Å². The predicted octanol–water partition coefficient (Wildman–Crippen LogP) is 4.06. The van der Waals surface area contributed by atoms with Crippen LogP contribution in [0, 0.1) is 18.3 Å². The van der Waals surface area contributed by atoms with Crippen molar-refractivity contribution in [3.63, 3.8) is 0 Å². The van der Waals surface area contributed by atoms with Crippen molar-refractivity contribution in [2.45, 2.75) is 6.92 Å². The van der Waals surface area contributed by atoms with Gasteiger partial charge in [0.15, 0.2) is 0 Å². The van der Waals surface area contributed by atoms with Crippen molar-refractivity contribution in [3.8, 4) is 17.5 Å². The van der Waals surface area contributed by atoms with Crippen LogP contribution in [0.3, 0.4) is 0 Å². The highest BCUT2D eigenvalue weighted by Gasteiger charge is 2.19. The number of hydrogen-bond acceptors (Lipinski definition) is 7. The number of nitrogens with one attached hydrogen (secondary N) is 1. The number of anilines is 2. The van der Waals surface area contributed by atoms with E-state index in [0.717, 1.165) is 16.6 Å². The molecule has 0 spiro atoms. The van der Waals surface area contributed by atoms with Crippen molar-refractivity contribution >= 4 is 34.5 Å². The van der Waals surface area contributed by atoms with Gasteiger partial charge in [-0.3, -0.25) is 14.7 Å². The number of hydrogen-bond donors (Lipinski definition) is 1. The first-order chi connectivity index (χ1) is 16.9. The molecule has 0 saturated carbocycles. The van der Waals surface area contributed by atoms with Crippen LogP contribution in [-0.4, -0.2) is 47.8 Å². The average molecular weight is 470 g/mol. The summed E-state index contributed by atoms with van der Waals surface area (Å²) in [6.07, 6.45) is 2.64. The van der Waals surface area contributed by atoms with Crippen molar-refractivity contribution in [1.82, 2.24) is 14.5 Å². The number of aryl methyl sites for hydroxylation is 1. The Kier molecular flexibility index (Phi) is 6.33. The molecule has 0 aliphatic rings. The lowest BCUT2D eigenvalue weighted by atomic mass is 10.1. The molecule has 0 aliphatic carbocycles. The van der Waals surface area contributed by atoms with Crippen LogP contribution in [0.1, 0.15) is 21.5 Å². The Balaban J connectivity index is 1.69. The largest absolute Gasteiger partial charge is 0.495 e. The second kappa shape index (κ2) is 9.52. The van der Waals surface area contributed by atoms with Crippen LogP contribution in [0.25, 0.3) is 16.7 Å². The highest BCUT2D eigenvalue weighted by atomic mass is 16.5. The molecule has 2 amide bonds. The topological polar surface area (TPSA) is 122 Å². The van der Waals surface area contributed by atoms with Gasteiger partial charge < -0.3 is 14.4 Å². The Morgan fingerprint density at radius 2 is 1.91 bits per heavy atom. The van der Waals surface area contributed by atoms with E-state index in [4.69, 9.17) is 4.74 Å². The molecule has 0 bridgehead atoms. The summed E-state index contributed by atoms with van der Waals surface area (Å²) in [4.78, 5) is 35.0. The summed E-state index contributed by atoms with van der Waals surface area (Å²) in [5.41, 5.74) is 4.48. The molecule has 0 aliphatic heterocycles. The van der Waals surface area contributed by atoms with Crippen LogP contribution >= 0.6 is 0 Å². The third kappa shape index (κ3) is 4.47. The van der Waals surface area contributed by atoms with Gasteiger partial charge in [-0.2, -0.15) is 5.26 Å². The summed E-state index contributed by atoms with van der Waals surface area (Å²) in [6.45, 7) is 1.89. The molecule has 176 valence electrons. The average Bonchev–Trinajstić information content (AvgIpc) is 3.32. The number of pyridine rings is 1. The monoisotopic (exact) mass is 470 g/mol. The molecule has 10 heteroatoms. The lowest BCUT2D eigenvalue weighted by molar-refractivity contribution is 0.0993. The minimum Gasteiger partial charge on any atom is -0.495 e. The Hall–Kier alpha value is -4.91. The fraction of sp³-hybridized carbons (Fsp3) is 0.160. The molecule has 2 aromatic heterocycles. The maximum atomic E-state index is 13.4. The number of nitrogens with zero attached hydrogens (tertiary/aromatic N) is 5. The van der Waals surface area contributed by atoms with E-state index in [1.54, 1.807) is 62.0 Å². The Morgan fingerprint density at radius 1 is 1.11 bits per heavy atom. The van der Waals surface area contributed by atoms with Crippen LogP contribution < -0.4 is 15.0 Å². The first-order valence-corrected chi connectivity index (χ1v) is 10.5. The van der Waals surface area contributed by atoms with Gasteiger partial charge in [-0.1, -0.05) is 0 Å². The molecule has 4 aromatic rings. The van der Waals surface area contributed by atoms with E-state index >= 15 is 0 Å². The molecule has 4 rings (SSSR count).